The van der Waals surface area contributed by atoms with Crippen LogP contribution in [0.2, 0.25) is 5.02 Å². The number of nitrogens with one attached hydrogen (secondary N) is 1. The van der Waals surface area contributed by atoms with Gasteiger partial charge in [0.2, 0.25) is 5.78 Å². The van der Waals surface area contributed by atoms with Gasteiger partial charge in [-0.25, -0.2) is 4.98 Å². The van der Waals surface area contributed by atoms with Gasteiger partial charge in [0.15, 0.2) is 0 Å². The van der Waals surface area contributed by atoms with Gasteiger partial charge in [0, 0.05) is 24.5 Å². The molecule has 0 aliphatic carbocycles. The van der Waals surface area contributed by atoms with Gasteiger partial charge in [0.05, 0.1) is 16.9 Å². The van der Waals surface area contributed by atoms with Gasteiger partial charge in [-0.15, -0.1) is 0 Å². The molecule has 26 heavy (non-hydrogen) atoms. The van der Waals surface area contributed by atoms with E-state index < -0.39 is 0 Å². The zero-order valence-corrected chi connectivity index (χ0v) is 14.7. The third kappa shape index (κ3) is 2.93. The lowest BCUT2D eigenvalue weighted by molar-refractivity contribution is 0.101. The molecule has 0 saturated heterocycles. The minimum atomic E-state index is -0.360. The van der Waals surface area contributed by atoms with E-state index in [9.17, 15) is 4.79 Å². The predicted molar refractivity (Wildman–Crippen MR) is 99.3 cm³/mol. The lowest BCUT2D eigenvalue weighted by Gasteiger charge is -2.06. The number of carbonyl (C=O) groups excluding carboxylic acids is 1. The van der Waals surface area contributed by atoms with Crippen molar-refractivity contribution in [2.75, 3.05) is 5.32 Å². The molecule has 3 aromatic heterocycles. The number of amides is 1. The van der Waals surface area contributed by atoms with Crippen LogP contribution in [-0.2, 0) is 6.54 Å². The number of hydrogen-bond acceptors (Lipinski definition) is 4. The Morgan fingerprint density at radius 1 is 1.19 bits per heavy atom. The topological polar surface area (TPSA) is 77.1 Å². The molecule has 4 aromatic rings. The molecule has 0 aliphatic heterocycles. The fraction of sp³-hybridized carbons (Fsp3) is 0.111. The Labute approximate surface area is 154 Å². The van der Waals surface area contributed by atoms with E-state index in [1.54, 1.807) is 21.3 Å². The van der Waals surface area contributed by atoms with Crippen LogP contribution in [-0.4, -0.2) is 30.1 Å². The lowest BCUT2D eigenvalue weighted by atomic mass is 10.2. The summed E-state index contributed by atoms with van der Waals surface area (Å²) in [6.45, 7) is 2.43. The van der Waals surface area contributed by atoms with Crippen molar-refractivity contribution in [2.24, 2.45) is 0 Å². The second-order valence-corrected chi connectivity index (χ2v) is 6.03. The molecule has 0 saturated carbocycles. The molecule has 0 fully saturated rings. The smallest absolute Gasteiger partial charge is 0.276 e. The van der Waals surface area contributed by atoms with Gasteiger partial charge in [0.25, 0.3) is 5.91 Å². The first-order chi connectivity index (χ1) is 12.7. The van der Waals surface area contributed by atoms with E-state index in [1.165, 1.54) is 6.20 Å². The van der Waals surface area contributed by atoms with Crippen LogP contribution in [0.4, 0.5) is 5.82 Å². The Kier molecular flexibility index (Phi) is 4.14. The number of nitrogens with zero attached hydrogens (tertiary/aromatic N) is 5. The number of anilines is 1. The Morgan fingerprint density at radius 3 is 2.77 bits per heavy atom. The summed E-state index contributed by atoms with van der Waals surface area (Å²) in [4.78, 5) is 21.4. The molecule has 8 heteroatoms. The second-order valence-electron chi connectivity index (χ2n) is 5.62. The number of aromatic nitrogens is 5. The number of halogens is 1. The molecule has 4 rings (SSSR count). The Hall–Kier alpha value is -3.19. The second kappa shape index (κ2) is 6.61. The van der Waals surface area contributed by atoms with Crippen molar-refractivity contribution in [1.29, 1.82) is 0 Å². The van der Waals surface area contributed by atoms with Crippen LogP contribution in [0, 0.1) is 0 Å². The van der Waals surface area contributed by atoms with Crippen LogP contribution in [0.15, 0.2) is 55.0 Å². The molecule has 0 aliphatic rings. The van der Waals surface area contributed by atoms with Gasteiger partial charge in [-0.05, 0) is 13.0 Å². The van der Waals surface area contributed by atoms with Crippen molar-refractivity contribution in [3.63, 3.8) is 0 Å². The first-order valence-electron chi connectivity index (χ1n) is 8.09. The van der Waals surface area contributed by atoms with Crippen molar-refractivity contribution in [1.82, 2.24) is 24.1 Å². The van der Waals surface area contributed by atoms with Crippen molar-refractivity contribution < 1.29 is 4.79 Å². The molecule has 0 bridgehead atoms. The van der Waals surface area contributed by atoms with Gasteiger partial charge in [0.1, 0.15) is 11.5 Å². The summed E-state index contributed by atoms with van der Waals surface area (Å²) in [6.07, 6.45) is 5.15. The van der Waals surface area contributed by atoms with E-state index in [-0.39, 0.29) is 5.91 Å². The summed E-state index contributed by atoms with van der Waals surface area (Å²) >= 11 is 6.07. The van der Waals surface area contributed by atoms with E-state index in [2.05, 4.69) is 20.4 Å². The average molecular weight is 367 g/mol. The van der Waals surface area contributed by atoms with Crippen LogP contribution < -0.4 is 5.32 Å². The SMILES string of the molecule is CCn1ncc(Cl)c1C(=O)Nc1ccn2cc(-c3ccccc3)nc2n1. The third-order valence-corrected chi connectivity index (χ3v) is 4.22. The monoisotopic (exact) mass is 366 g/mol. The highest BCUT2D eigenvalue weighted by atomic mass is 35.5. The maximum Gasteiger partial charge on any atom is 0.276 e. The number of benzene rings is 1. The van der Waals surface area contributed by atoms with Crippen molar-refractivity contribution in [3.8, 4) is 11.3 Å². The van der Waals surface area contributed by atoms with Crippen molar-refractivity contribution in [3.05, 3.63) is 65.7 Å². The molecule has 7 nitrogen and oxygen atoms in total. The Bertz CT molecular complexity index is 1090. The molecular formula is C18H15ClN6O. The zero-order valence-electron chi connectivity index (χ0n) is 13.9. The summed E-state index contributed by atoms with van der Waals surface area (Å²) in [6, 6.07) is 11.5. The predicted octanol–water partition coefficient (Wildman–Crippen LogP) is 3.52. The first-order valence-corrected chi connectivity index (χ1v) is 8.47. The molecule has 1 amide bonds. The quantitative estimate of drug-likeness (QED) is 0.599. The van der Waals surface area contributed by atoms with Gasteiger partial charge in [-0.3, -0.25) is 13.9 Å². The standard InChI is InChI=1S/C18H15ClN6O/c1-2-25-16(13(19)10-20-25)17(26)22-15-8-9-24-11-14(21-18(24)23-15)12-6-4-3-5-7-12/h3-11H,2H2,1H3,(H,21,22,23,26). The minimum absolute atomic E-state index is 0.303. The van der Waals surface area contributed by atoms with Crippen LogP contribution in [0.3, 0.4) is 0 Å². The molecule has 3 heterocycles. The highest BCUT2D eigenvalue weighted by Gasteiger charge is 2.17. The Morgan fingerprint density at radius 2 is 2.00 bits per heavy atom. The number of hydrogen-bond donors (Lipinski definition) is 1. The molecule has 1 N–H and O–H groups in total. The van der Waals surface area contributed by atoms with Crippen LogP contribution in [0.1, 0.15) is 17.4 Å². The molecule has 0 unspecified atom stereocenters. The lowest BCUT2D eigenvalue weighted by Crippen LogP contribution is -2.18. The first kappa shape index (κ1) is 16.3. The molecule has 1 aromatic carbocycles. The largest absolute Gasteiger partial charge is 0.305 e. The van der Waals surface area contributed by atoms with E-state index in [4.69, 9.17) is 11.6 Å². The zero-order chi connectivity index (χ0) is 18.1. The summed E-state index contributed by atoms with van der Waals surface area (Å²) in [5.74, 6) is 0.533. The fourth-order valence-electron chi connectivity index (χ4n) is 2.69. The van der Waals surface area contributed by atoms with E-state index in [0.717, 1.165) is 11.3 Å². The molecule has 0 spiro atoms. The minimum Gasteiger partial charge on any atom is -0.305 e. The van der Waals surface area contributed by atoms with Crippen LogP contribution >= 0.6 is 11.6 Å². The highest BCUT2D eigenvalue weighted by Crippen LogP contribution is 2.20. The van der Waals surface area contributed by atoms with Crippen molar-refractivity contribution >= 4 is 29.1 Å². The normalized spacial score (nSPS) is 11.0. The molecule has 130 valence electrons. The summed E-state index contributed by atoms with van der Waals surface area (Å²) < 4.78 is 3.35. The number of carbonyl (C=O) groups is 1. The summed E-state index contributed by atoms with van der Waals surface area (Å²) in [7, 11) is 0. The van der Waals surface area contributed by atoms with Crippen molar-refractivity contribution in [2.45, 2.75) is 13.5 Å². The van der Waals surface area contributed by atoms with Gasteiger partial charge in [-0.1, -0.05) is 41.9 Å². The summed E-state index contributed by atoms with van der Waals surface area (Å²) in [5.41, 5.74) is 2.13. The Balaban J connectivity index is 1.63. The maximum absolute atomic E-state index is 12.5. The van der Waals surface area contributed by atoms with Crippen LogP contribution in [0.25, 0.3) is 17.0 Å². The molecule has 0 atom stereocenters. The number of fused-ring (bicyclic) bond motifs is 1. The molecular weight excluding hydrogens is 352 g/mol. The molecule has 0 radical (unpaired) electrons. The van der Waals surface area contributed by atoms with Gasteiger partial charge < -0.3 is 5.32 Å². The number of imidazole rings is 1. The van der Waals surface area contributed by atoms with E-state index >= 15 is 0 Å². The number of rotatable bonds is 4. The average Bonchev–Trinajstić information content (AvgIpc) is 3.25. The van der Waals surface area contributed by atoms with Crippen LogP contribution in [0.5, 0.6) is 0 Å². The number of aryl methyl sites for hydroxylation is 1. The fourth-order valence-corrected chi connectivity index (χ4v) is 2.92. The van der Waals surface area contributed by atoms with E-state index in [1.807, 2.05) is 43.5 Å². The van der Waals surface area contributed by atoms with Gasteiger partial charge >= 0.3 is 0 Å². The maximum atomic E-state index is 12.5. The highest BCUT2D eigenvalue weighted by molar-refractivity contribution is 6.34. The third-order valence-electron chi connectivity index (χ3n) is 3.95. The van der Waals surface area contributed by atoms with Gasteiger partial charge in [-0.2, -0.15) is 10.1 Å². The van der Waals surface area contributed by atoms with E-state index in [0.29, 0.717) is 28.9 Å². The summed E-state index contributed by atoms with van der Waals surface area (Å²) in [5, 5.41) is 7.13.